The number of carbonyl (C=O) groups excluding carboxylic acids is 2. The van der Waals surface area contributed by atoms with Gasteiger partial charge in [0.05, 0.1) is 12.3 Å². The molecular weight excluding hydrogens is 370 g/mol. The molecule has 7 heteroatoms. The van der Waals surface area contributed by atoms with E-state index in [1.165, 1.54) is 0 Å². The monoisotopic (exact) mass is 395 g/mol. The highest BCUT2D eigenvalue weighted by Gasteiger charge is 2.08. The molecule has 0 unspecified atom stereocenters. The Kier molecular flexibility index (Phi) is 6.84. The van der Waals surface area contributed by atoms with E-state index >= 15 is 0 Å². The molecule has 3 rings (SSSR count). The van der Waals surface area contributed by atoms with E-state index in [0.29, 0.717) is 43.9 Å². The number of esters is 1. The second kappa shape index (κ2) is 9.73. The molecule has 0 aliphatic heterocycles. The third-order valence-corrected chi connectivity index (χ3v) is 4.38. The van der Waals surface area contributed by atoms with E-state index in [-0.39, 0.29) is 11.9 Å². The summed E-state index contributed by atoms with van der Waals surface area (Å²) in [7, 11) is 0. The number of nitrogens with one attached hydrogen (secondary N) is 1. The molecule has 0 spiro atoms. The van der Waals surface area contributed by atoms with E-state index in [4.69, 9.17) is 9.47 Å². The Morgan fingerprint density at radius 2 is 1.97 bits per heavy atom. The van der Waals surface area contributed by atoms with Crippen molar-refractivity contribution in [2.24, 2.45) is 0 Å². The minimum Gasteiger partial charge on any atom is -0.487 e. The molecule has 0 saturated heterocycles. The predicted molar refractivity (Wildman–Crippen MR) is 109 cm³/mol. The zero-order valence-electron chi connectivity index (χ0n) is 16.7. The molecule has 3 aromatic rings. The van der Waals surface area contributed by atoms with Crippen LogP contribution in [-0.2, 0) is 16.1 Å². The van der Waals surface area contributed by atoms with Crippen LogP contribution >= 0.6 is 0 Å². The fourth-order valence-electron chi connectivity index (χ4n) is 2.90. The van der Waals surface area contributed by atoms with Crippen LogP contribution in [0.3, 0.4) is 0 Å². The summed E-state index contributed by atoms with van der Waals surface area (Å²) in [6.07, 6.45) is 4.74. The smallest absolute Gasteiger partial charge is 0.305 e. The van der Waals surface area contributed by atoms with Crippen LogP contribution in [0.4, 0.5) is 0 Å². The summed E-state index contributed by atoms with van der Waals surface area (Å²) >= 11 is 0. The SMILES string of the molecule is CCOC(=O)CCCNC(=O)c1ccc(OCc2cn3cccc(C)c3n2)cc1. The van der Waals surface area contributed by atoms with E-state index in [1.54, 1.807) is 31.2 Å². The Labute approximate surface area is 169 Å². The normalized spacial score (nSPS) is 10.7. The molecular formula is C22H25N3O4. The first-order chi connectivity index (χ1) is 14.1. The maximum Gasteiger partial charge on any atom is 0.305 e. The van der Waals surface area contributed by atoms with Gasteiger partial charge in [-0.3, -0.25) is 9.59 Å². The summed E-state index contributed by atoms with van der Waals surface area (Å²) in [6.45, 7) is 4.93. The number of imidazole rings is 1. The quantitative estimate of drug-likeness (QED) is 0.444. The molecule has 1 N–H and O–H groups in total. The van der Waals surface area contributed by atoms with Crippen LogP contribution in [-0.4, -0.2) is 34.4 Å². The highest BCUT2D eigenvalue weighted by Crippen LogP contribution is 2.15. The molecule has 7 nitrogen and oxygen atoms in total. The van der Waals surface area contributed by atoms with Crippen molar-refractivity contribution < 1.29 is 19.1 Å². The van der Waals surface area contributed by atoms with Gasteiger partial charge >= 0.3 is 5.97 Å². The van der Waals surface area contributed by atoms with Crippen LogP contribution in [0.5, 0.6) is 5.75 Å². The van der Waals surface area contributed by atoms with Crippen LogP contribution < -0.4 is 10.1 Å². The van der Waals surface area contributed by atoms with Crippen molar-refractivity contribution in [3.8, 4) is 5.75 Å². The van der Waals surface area contributed by atoms with Crippen LogP contribution in [0.15, 0.2) is 48.8 Å². The first kappa shape index (κ1) is 20.4. The highest BCUT2D eigenvalue weighted by atomic mass is 16.5. The van der Waals surface area contributed by atoms with Gasteiger partial charge in [0.25, 0.3) is 5.91 Å². The van der Waals surface area contributed by atoms with E-state index < -0.39 is 0 Å². The highest BCUT2D eigenvalue weighted by molar-refractivity contribution is 5.94. The number of aryl methyl sites for hydroxylation is 1. The number of rotatable bonds is 9. The van der Waals surface area contributed by atoms with E-state index in [1.807, 2.05) is 35.9 Å². The van der Waals surface area contributed by atoms with Gasteiger partial charge in [-0.25, -0.2) is 4.98 Å². The Balaban J connectivity index is 1.47. The van der Waals surface area contributed by atoms with Crippen LogP contribution in [0.1, 0.15) is 41.4 Å². The van der Waals surface area contributed by atoms with Crippen molar-refractivity contribution in [3.63, 3.8) is 0 Å². The number of aromatic nitrogens is 2. The zero-order chi connectivity index (χ0) is 20.6. The fourth-order valence-corrected chi connectivity index (χ4v) is 2.90. The summed E-state index contributed by atoms with van der Waals surface area (Å²) in [5, 5.41) is 2.79. The topological polar surface area (TPSA) is 81.9 Å². The average Bonchev–Trinajstić information content (AvgIpc) is 3.15. The minimum absolute atomic E-state index is 0.184. The molecule has 1 aromatic carbocycles. The van der Waals surface area contributed by atoms with E-state index in [0.717, 1.165) is 16.9 Å². The van der Waals surface area contributed by atoms with Crippen molar-refractivity contribution in [2.45, 2.75) is 33.3 Å². The van der Waals surface area contributed by atoms with Crippen molar-refractivity contribution in [2.75, 3.05) is 13.2 Å². The maximum absolute atomic E-state index is 12.2. The number of benzene rings is 1. The second-order valence-corrected chi connectivity index (χ2v) is 6.63. The van der Waals surface area contributed by atoms with Gasteiger partial charge in [-0.05, 0) is 56.2 Å². The summed E-state index contributed by atoms with van der Waals surface area (Å²) in [5.41, 5.74) is 3.40. The van der Waals surface area contributed by atoms with Crippen LogP contribution in [0.2, 0.25) is 0 Å². The van der Waals surface area contributed by atoms with E-state index in [2.05, 4.69) is 10.3 Å². The summed E-state index contributed by atoms with van der Waals surface area (Å²) < 4.78 is 12.6. The lowest BCUT2D eigenvalue weighted by Gasteiger charge is -2.07. The van der Waals surface area contributed by atoms with Gasteiger partial charge in [0.2, 0.25) is 0 Å². The Hall–Kier alpha value is -3.35. The molecule has 0 aliphatic carbocycles. The van der Waals surface area contributed by atoms with Crippen molar-refractivity contribution >= 4 is 17.5 Å². The number of ether oxygens (including phenoxy) is 2. The van der Waals surface area contributed by atoms with Gasteiger partial charge in [-0.2, -0.15) is 0 Å². The van der Waals surface area contributed by atoms with Gasteiger partial charge in [0.15, 0.2) is 0 Å². The minimum atomic E-state index is -0.246. The summed E-state index contributed by atoms with van der Waals surface area (Å²) in [6, 6.07) is 10.9. The second-order valence-electron chi connectivity index (χ2n) is 6.63. The third kappa shape index (κ3) is 5.57. The number of hydrogen-bond donors (Lipinski definition) is 1. The van der Waals surface area contributed by atoms with Gasteiger partial charge < -0.3 is 19.2 Å². The molecule has 0 fully saturated rings. The largest absolute Gasteiger partial charge is 0.487 e. The van der Waals surface area contributed by atoms with Gasteiger partial charge in [0, 0.05) is 30.9 Å². The molecule has 0 aliphatic rings. The van der Waals surface area contributed by atoms with Gasteiger partial charge in [0.1, 0.15) is 18.0 Å². The standard InChI is InChI=1S/C22H25N3O4/c1-3-28-20(26)7-4-12-23-22(27)17-8-10-19(11-9-17)29-15-18-14-25-13-5-6-16(2)21(25)24-18/h5-6,8-11,13-14H,3-4,7,12,15H2,1-2H3,(H,23,27). The molecule has 152 valence electrons. The first-order valence-corrected chi connectivity index (χ1v) is 9.66. The molecule has 0 bridgehead atoms. The number of pyridine rings is 1. The lowest BCUT2D eigenvalue weighted by molar-refractivity contribution is -0.143. The number of carbonyl (C=O) groups is 2. The summed E-state index contributed by atoms with van der Waals surface area (Å²) in [4.78, 5) is 28.0. The lowest BCUT2D eigenvalue weighted by Crippen LogP contribution is -2.25. The third-order valence-electron chi connectivity index (χ3n) is 4.38. The maximum atomic E-state index is 12.2. The van der Waals surface area contributed by atoms with Gasteiger partial charge in [-0.1, -0.05) is 6.07 Å². The lowest BCUT2D eigenvalue weighted by atomic mass is 10.2. The van der Waals surface area contributed by atoms with Gasteiger partial charge in [-0.15, -0.1) is 0 Å². The van der Waals surface area contributed by atoms with Crippen molar-refractivity contribution in [1.82, 2.24) is 14.7 Å². The molecule has 29 heavy (non-hydrogen) atoms. The molecule has 0 radical (unpaired) electrons. The Morgan fingerprint density at radius 1 is 1.17 bits per heavy atom. The zero-order valence-corrected chi connectivity index (χ0v) is 16.7. The number of hydrogen-bond acceptors (Lipinski definition) is 5. The van der Waals surface area contributed by atoms with Crippen molar-refractivity contribution in [3.05, 3.63) is 65.6 Å². The van der Waals surface area contributed by atoms with E-state index in [9.17, 15) is 9.59 Å². The first-order valence-electron chi connectivity index (χ1n) is 9.66. The molecule has 2 heterocycles. The van der Waals surface area contributed by atoms with Crippen LogP contribution in [0, 0.1) is 6.92 Å². The van der Waals surface area contributed by atoms with Crippen molar-refractivity contribution in [1.29, 1.82) is 0 Å². The predicted octanol–water partition coefficient (Wildman–Crippen LogP) is 3.29. The molecule has 1 amide bonds. The van der Waals surface area contributed by atoms with Crippen LogP contribution in [0.25, 0.3) is 5.65 Å². The number of fused-ring (bicyclic) bond motifs is 1. The fraction of sp³-hybridized carbons (Fsp3) is 0.318. The molecule has 0 atom stereocenters. The number of nitrogens with zero attached hydrogens (tertiary/aromatic N) is 2. The average molecular weight is 395 g/mol. The molecule has 2 aromatic heterocycles. The molecule has 0 saturated carbocycles. The Morgan fingerprint density at radius 3 is 2.69 bits per heavy atom. The number of amides is 1. The Bertz CT molecular complexity index is 979. The summed E-state index contributed by atoms with van der Waals surface area (Å²) in [5.74, 6) is 0.234.